The van der Waals surface area contributed by atoms with Gasteiger partial charge in [-0.1, -0.05) is 20.8 Å². The van der Waals surface area contributed by atoms with Gasteiger partial charge in [0.15, 0.2) is 0 Å². The zero-order chi connectivity index (χ0) is 7.00. The third-order valence-electron chi connectivity index (χ3n) is 1.18. The molecule has 0 heterocycles. The second-order valence-electron chi connectivity index (χ2n) is 2.93. The van der Waals surface area contributed by atoms with E-state index in [1.54, 1.807) is 6.92 Å². The van der Waals surface area contributed by atoms with Crippen LogP contribution >= 0.6 is 0 Å². The van der Waals surface area contributed by atoms with Gasteiger partial charge >= 0.3 is 0 Å². The van der Waals surface area contributed by atoms with Crippen LogP contribution in [0.4, 0.5) is 0 Å². The van der Waals surface area contributed by atoms with Crippen molar-refractivity contribution < 1.29 is 1.37 Å². The Hall–Kier alpha value is -0.0400. The Kier molecular flexibility index (Phi) is 1.33. The van der Waals surface area contributed by atoms with E-state index >= 15 is 0 Å². The van der Waals surface area contributed by atoms with E-state index in [0.29, 0.717) is 0 Å². The lowest BCUT2D eigenvalue weighted by molar-refractivity contribution is 0.340. The molecule has 0 aromatic rings. The molecule has 0 saturated carbocycles. The Bertz CT molecular complexity index is 63.5. The minimum Gasteiger partial charge on any atom is -0.327 e. The molecule has 0 aliphatic heterocycles. The smallest absolute Gasteiger partial charge is 0.0465 e. The van der Waals surface area contributed by atoms with Gasteiger partial charge in [-0.3, -0.25) is 0 Å². The van der Waals surface area contributed by atoms with Crippen molar-refractivity contribution in [1.29, 1.82) is 0 Å². The quantitative estimate of drug-likeness (QED) is 0.491. The molecule has 0 aliphatic rings. The highest BCUT2D eigenvalue weighted by Gasteiger charge is 2.14. The van der Waals surface area contributed by atoms with Gasteiger partial charge in [-0.05, 0) is 12.3 Å². The van der Waals surface area contributed by atoms with Gasteiger partial charge in [-0.2, -0.15) is 0 Å². The molecule has 1 unspecified atom stereocenters. The van der Waals surface area contributed by atoms with Crippen LogP contribution in [0.15, 0.2) is 0 Å². The summed E-state index contributed by atoms with van der Waals surface area (Å²) in [6, 6.07) is -0.812. The van der Waals surface area contributed by atoms with Crippen LogP contribution in [0.2, 0.25) is 0 Å². The Morgan fingerprint density at radius 2 is 1.71 bits per heavy atom. The van der Waals surface area contributed by atoms with Crippen molar-refractivity contribution in [2.75, 3.05) is 0 Å². The van der Waals surface area contributed by atoms with Gasteiger partial charge in [0.2, 0.25) is 0 Å². The average molecular weight is 102 g/mol. The number of hydrogen-bond acceptors (Lipinski definition) is 1. The van der Waals surface area contributed by atoms with Crippen LogP contribution in [0.5, 0.6) is 0 Å². The third-order valence-corrected chi connectivity index (χ3v) is 1.18. The number of hydrogen-bond donors (Lipinski definition) is 1. The predicted molar refractivity (Wildman–Crippen MR) is 33.1 cm³/mol. The first kappa shape index (κ1) is 5.10. The molecule has 0 bridgehead atoms. The highest BCUT2D eigenvalue weighted by Crippen LogP contribution is 2.15. The molecule has 1 heteroatoms. The molecule has 0 radical (unpaired) electrons. The minimum atomic E-state index is -0.812. The lowest BCUT2D eigenvalue weighted by Crippen LogP contribution is -2.31. The topological polar surface area (TPSA) is 26.0 Å². The van der Waals surface area contributed by atoms with E-state index in [1.807, 2.05) is 20.8 Å². The summed E-state index contributed by atoms with van der Waals surface area (Å²) in [6.07, 6.45) is 0. The molecule has 44 valence electrons. The van der Waals surface area contributed by atoms with Gasteiger partial charge in [0, 0.05) is 7.39 Å². The van der Waals surface area contributed by atoms with Crippen molar-refractivity contribution in [3.8, 4) is 0 Å². The minimum absolute atomic E-state index is 0.118. The molecule has 0 aliphatic carbocycles. The van der Waals surface area contributed by atoms with Crippen molar-refractivity contribution in [2.24, 2.45) is 11.1 Å². The molecule has 1 nitrogen and oxygen atoms in total. The zero-order valence-electron chi connectivity index (χ0n) is 6.58. The molecule has 0 rings (SSSR count). The summed E-state index contributed by atoms with van der Waals surface area (Å²) in [5.41, 5.74) is 5.36. The van der Waals surface area contributed by atoms with E-state index in [1.165, 1.54) is 0 Å². The van der Waals surface area contributed by atoms with Gasteiger partial charge in [-0.25, -0.2) is 0 Å². The molecule has 0 fully saturated rings. The number of nitrogens with two attached hydrogens (primary N) is 1. The van der Waals surface area contributed by atoms with Crippen LogP contribution in [0.1, 0.15) is 29.1 Å². The van der Waals surface area contributed by atoms with Crippen LogP contribution in [0, 0.1) is 5.41 Å². The molecule has 1 atom stereocenters. The summed E-state index contributed by atoms with van der Waals surface area (Å²) in [4.78, 5) is 0. The molecule has 0 saturated heterocycles. The van der Waals surface area contributed by atoms with Crippen molar-refractivity contribution in [1.82, 2.24) is 0 Å². The van der Waals surface area contributed by atoms with Gasteiger partial charge in [0.1, 0.15) is 0 Å². The second kappa shape index (κ2) is 1.83. The van der Waals surface area contributed by atoms with Crippen molar-refractivity contribution in [3.05, 3.63) is 0 Å². The van der Waals surface area contributed by atoms with E-state index in [2.05, 4.69) is 0 Å². The SMILES string of the molecule is [2H]C(C)(N)C(C)(C)C. The van der Waals surface area contributed by atoms with Crippen LogP contribution < -0.4 is 5.73 Å². The van der Waals surface area contributed by atoms with Crippen LogP contribution in [-0.4, -0.2) is 6.02 Å². The van der Waals surface area contributed by atoms with Crippen molar-refractivity contribution in [3.63, 3.8) is 0 Å². The molecule has 2 N–H and O–H groups in total. The number of rotatable bonds is 0. The molecular weight excluding hydrogens is 86.1 g/mol. The summed E-state index contributed by atoms with van der Waals surface area (Å²) >= 11 is 0. The fourth-order valence-electron chi connectivity index (χ4n) is 0. The van der Waals surface area contributed by atoms with Gasteiger partial charge in [0.25, 0.3) is 0 Å². The van der Waals surface area contributed by atoms with E-state index in [9.17, 15) is 0 Å². The first-order valence-electron chi connectivity index (χ1n) is 3.04. The molecule has 0 amide bonds. The van der Waals surface area contributed by atoms with Crippen LogP contribution in [0.25, 0.3) is 0 Å². The predicted octanol–water partition coefficient (Wildman–Crippen LogP) is 1.38. The third kappa shape index (κ3) is 2.63. The first-order chi connectivity index (χ1) is 3.25. The van der Waals surface area contributed by atoms with Crippen molar-refractivity contribution in [2.45, 2.75) is 33.7 Å². The maximum atomic E-state index is 7.36. The summed E-state index contributed by atoms with van der Waals surface area (Å²) in [6.45, 7) is 7.59. The lowest BCUT2D eigenvalue weighted by atomic mass is 9.89. The Balaban J connectivity index is 4.02. The monoisotopic (exact) mass is 102 g/mol. The van der Waals surface area contributed by atoms with E-state index in [4.69, 9.17) is 7.10 Å². The summed E-state index contributed by atoms with van der Waals surface area (Å²) in [5.74, 6) is 0. The summed E-state index contributed by atoms with van der Waals surface area (Å²) in [5, 5.41) is 0. The Labute approximate surface area is 47.3 Å². The normalized spacial score (nSPS) is 23.3. The summed E-state index contributed by atoms with van der Waals surface area (Å²) < 4.78 is 7.36. The maximum absolute atomic E-state index is 7.36. The van der Waals surface area contributed by atoms with Crippen molar-refractivity contribution >= 4 is 0 Å². The summed E-state index contributed by atoms with van der Waals surface area (Å²) in [7, 11) is 0. The van der Waals surface area contributed by atoms with Gasteiger partial charge in [-0.15, -0.1) is 0 Å². The Morgan fingerprint density at radius 1 is 1.57 bits per heavy atom. The van der Waals surface area contributed by atoms with Crippen LogP contribution in [-0.2, 0) is 0 Å². The van der Waals surface area contributed by atoms with Crippen LogP contribution in [0.3, 0.4) is 0 Å². The average Bonchev–Trinajstić information content (AvgIpc) is 1.25. The highest BCUT2D eigenvalue weighted by atomic mass is 14.6. The molecular formula is C6H15N. The second-order valence-corrected chi connectivity index (χ2v) is 2.93. The zero-order valence-corrected chi connectivity index (χ0v) is 5.58. The fourth-order valence-corrected chi connectivity index (χ4v) is 0. The lowest BCUT2D eigenvalue weighted by Gasteiger charge is -2.22. The standard InChI is InChI=1S/C6H15N/c1-5(7)6(2,3)4/h5H,7H2,1-4H3/i5D. The Morgan fingerprint density at radius 3 is 1.71 bits per heavy atom. The molecule has 0 aromatic heterocycles. The fraction of sp³-hybridized carbons (Fsp3) is 1.00. The largest absolute Gasteiger partial charge is 0.327 e. The van der Waals surface area contributed by atoms with E-state index < -0.39 is 6.02 Å². The highest BCUT2D eigenvalue weighted by molar-refractivity contribution is 4.70. The first-order valence-corrected chi connectivity index (χ1v) is 2.54. The maximum Gasteiger partial charge on any atom is 0.0465 e. The van der Waals surface area contributed by atoms with Gasteiger partial charge in [0.05, 0.1) is 0 Å². The molecule has 0 spiro atoms. The van der Waals surface area contributed by atoms with Gasteiger partial charge < -0.3 is 5.73 Å². The molecule has 0 aromatic carbocycles. The molecule has 7 heavy (non-hydrogen) atoms. The van der Waals surface area contributed by atoms with E-state index in [-0.39, 0.29) is 5.41 Å². The van der Waals surface area contributed by atoms with E-state index in [0.717, 1.165) is 0 Å².